The first-order valence-electron chi connectivity index (χ1n) is 8.50. The lowest BCUT2D eigenvalue weighted by molar-refractivity contribution is 0.0702. The van der Waals surface area contributed by atoms with Gasteiger partial charge < -0.3 is 5.32 Å². The Kier molecular flexibility index (Phi) is 6.89. The van der Waals surface area contributed by atoms with Crippen LogP contribution in [0.2, 0.25) is 0 Å². The molecule has 120 valence electrons. The minimum absolute atomic E-state index is 0.138. The van der Waals surface area contributed by atoms with Gasteiger partial charge in [0.25, 0.3) is 0 Å². The quantitative estimate of drug-likeness (QED) is 0.760. The average molecular weight is 290 g/mol. The van der Waals surface area contributed by atoms with Gasteiger partial charge in [-0.15, -0.1) is 0 Å². The maximum Gasteiger partial charge on any atom is 0.0506 e. The van der Waals surface area contributed by atoms with Crippen molar-refractivity contribution in [2.75, 3.05) is 19.6 Å². The molecule has 0 amide bonds. The van der Waals surface area contributed by atoms with E-state index in [0.717, 1.165) is 26.1 Å². The molecule has 0 heterocycles. The molecule has 0 spiro atoms. The minimum Gasteiger partial charge on any atom is -0.309 e. The molecule has 0 aliphatic rings. The Labute approximate surface area is 131 Å². The molecule has 1 N–H and O–H groups in total. The molecular formula is C19H34N2. The van der Waals surface area contributed by atoms with E-state index in [-0.39, 0.29) is 5.54 Å². The van der Waals surface area contributed by atoms with Crippen molar-refractivity contribution in [3.05, 3.63) is 34.9 Å². The maximum absolute atomic E-state index is 3.76. The first kappa shape index (κ1) is 18.2. The molecule has 0 fully saturated rings. The largest absolute Gasteiger partial charge is 0.309 e. The number of rotatable bonds is 8. The van der Waals surface area contributed by atoms with Gasteiger partial charge in [-0.3, -0.25) is 4.90 Å². The van der Waals surface area contributed by atoms with Crippen molar-refractivity contribution in [2.45, 2.75) is 66.5 Å². The van der Waals surface area contributed by atoms with Crippen LogP contribution in [0.4, 0.5) is 0 Å². The van der Waals surface area contributed by atoms with Crippen molar-refractivity contribution in [3.63, 3.8) is 0 Å². The fourth-order valence-corrected chi connectivity index (χ4v) is 3.57. The van der Waals surface area contributed by atoms with Gasteiger partial charge >= 0.3 is 0 Å². The molecule has 1 aromatic carbocycles. The van der Waals surface area contributed by atoms with Crippen LogP contribution < -0.4 is 5.32 Å². The number of hydrogen-bond donors (Lipinski definition) is 1. The summed E-state index contributed by atoms with van der Waals surface area (Å²) in [6.45, 7) is 19.0. The van der Waals surface area contributed by atoms with E-state index in [1.165, 1.54) is 16.7 Å². The summed E-state index contributed by atoms with van der Waals surface area (Å²) in [6.07, 6.45) is 1.14. The monoisotopic (exact) mass is 290 g/mol. The Morgan fingerprint density at radius 2 is 1.71 bits per heavy atom. The Morgan fingerprint density at radius 1 is 1.10 bits per heavy atom. The molecule has 1 rings (SSSR count). The van der Waals surface area contributed by atoms with Gasteiger partial charge in [-0.1, -0.05) is 51.5 Å². The summed E-state index contributed by atoms with van der Waals surface area (Å²) in [6, 6.07) is 7.23. The lowest BCUT2D eigenvalue weighted by atomic mass is 9.81. The van der Waals surface area contributed by atoms with Crippen molar-refractivity contribution in [1.82, 2.24) is 10.2 Å². The lowest BCUT2D eigenvalue weighted by Crippen LogP contribution is -2.54. The standard InChI is InChI=1S/C19H34N2/c1-8-19(7,21(10-3)11-4)18(20-9-2)17-13-12-15(5)14-16(17)6/h12-14,18,20H,8-11H2,1-7H3. The van der Waals surface area contributed by atoms with Crippen LogP contribution in [0, 0.1) is 13.8 Å². The number of benzene rings is 1. The SMILES string of the molecule is CCNC(c1ccc(C)cc1C)C(C)(CC)N(CC)CC. The van der Waals surface area contributed by atoms with E-state index in [9.17, 15) is 0 Å². The molecule has 0 aliphatic heterocycles. The smallest absolute Gasteiger partial charge is 0.0506 e. The van der Waals surface area contributed by atoms with Crippen LogP contribution in [-0.2, 0) is 0 Å². The molecule has 0 bridgehead atoms. The van der Waals surface area contributed by atoms with Crippen molar-refractivity contribution in [2.24, 2.45) is 0 Å². The molecule has 2 unspecified atom stereocenters. The molecule has 0 aromatic heterocycles. The Bertz CT molecular complexity index is 437. The number of aryl methyl sites for hydroxylation is 2. The topological polar surface area (TPSA) is 15.3 Å². The van der Waals surface area contributed by atoms with Crippen LogP contribution in [0.1, 0.15) is 63.8 Å². The number of nitrogens with one attached hydrogen (secondary N) is 1. The first-order valence-corrected chi connectivity index (χ1v) is 8.50. The van der Waals surface area contributed by atoms with Crippen LogP contribution in [0.5, 0.6) is 0 Å². The molecule has 1 aromatic rings. The normalized spacial score (nSPS) is 16.0. The molecule has 0 saturated carbocycles. The number of hydrogen-bond acceptors (Lipinski definition) is 2. The van der Waals surface area contributed by atoms with Crippen LogP contribution >= 0.6 is 0 Å². The van der Waals surface area contributed by atoms with E-state index in [1.807, 2.05) is 0 Å². The third-order valence-electron chi connectivity index (χ3n) is 4.97. The predicted octanol–water partition coefficient (Wildman–Crippen LogP) is 4.46. The zero-order chi connectivity index (χ0) is 16.0. The van der Waals surface area contributed by atoms with E-state index in [2.05, 4.69) is 76.9 Å². The Balaban J connectivity index is 3.31. The van der Waals surface area contributed by atoms with Gasteiger partial charge in [0, 0.05) is 5.54 Å². The van der Waals surface area contributed by atoms with Gasteiger partial charge in [0.1, 0.15) is 0 Å². The highest BCUT2D eigenvalue weighted by atomic mass is 15.2. The Hall–Kier alpha value is -0.860. The van der Waals surface area contributed by atoms with Crippen LogP contribution in [0.15, 0.2) is 18.2 Å². The molecule has 21 heavy (non-hydrogen) atoms. The van der Waals surface area contributed by atoms with Gasteiger partial charge in [-0.2, -0.15) is 0 Å². The van der Waals surface area contributed by atoms with E-state index in [1.54, 1.807) is 0 Å². The molecular weight excluding hydrogens is 256 g/mol. The molecule has 2 heteroatoms. The summed E-state index contributed by atoms with van der Waals surface area (Å²) in [7, 11) is 0. The van der Waals surface area contributed by atoms with Gasteiger partial charge in [-0.25, -0.2) is 0 Å². The predicted molar refractivity (Wildman–Crippen MR) is 94.0 cm³/mol. The van der Waals surface area contributed by atoms with Gasteiger partial charge in [0.05, 0.1) is 6.04 Å². The minimum atomic E-state index is 0.138. The fourth-order valence-electron chi connectivity index (χ4n) is 3.57. The summed E-state index contributed by atoms with van der Waals surface area (Å²) in [5.74, 6) is 0. The van der Waals surface area contributed by atoms with Crippen molar-refractivity contribution < 1.29 is 0 Å². The second-order valence-corrected chi connectivity index (χ2v) is 6.23. The average Bonchev–Trinajstić information content (AvgIpc) is 2.46. The molecule has 2 atom stereocenters. The summed E-state index contributed by atoms with van der Waals surface area (Å²) >= 11 is 0. The maximum atomic E-state index is 3.76. The fraction of sp³-hybridized carbons (Fsp3) is 0.684. The third-order valence-corrected chi connectivity index (χ3v) is 4.97. The molecule has 0 radical (unpaired) electrons. The molecule has 2 nitrogen and oxygen atoms in total. The van der Waals surface area contributed by atoms with E-state index < -0.39 is 0 Å². The van der Waals surface area contributed by atoms with Crippen LogP contribution in [0.25, 0.3) is 0 Å². The van der Waals surface area contributed by atoms with E-state index in [0.29, 0.717) is 6.04 Å². The molecule has 0 saturated heterocycles. The third kappa shape index (κ3) is 3.87. The van der Waals surface area contributed by atoms with Crippen LogP contribution in [0.3, 0.4) is 0 Å². The van der Waals surface area contributed by atoms with Crippen molar-refractivity contribution in [3.8, 4) is 0 Å². The zero-order valence-electron chi connectivity index (χ0n) is 15.1. The van der Waals surface area contributed by atoms with Crippen LogP contribution in [-0.4, -0.2) is 30.1 Å². The van der Waals surface area contributed by atoms with Crippen molar-refractivity contribution >= 4 is 0 Å². The highest BCUT2D eigenvalue weighted by Crippen LogP contribution is 2.35. The lowest BCUT2D eigenvalue weighted by Gasteiger charge is -2.46. The summed E-state index contributed by atoms with van der Waals surface area (Å²) in [5.41, 5.74) is 4.32. The molecule has 0 aliphatic carbocycles. The number of likely N-dealkylation sites (N-methyl/N-ethyl adjacent to an activating group) is 2. The zero-order valence-corrected chi connectivity index (χ0v) is 15.1. The van der Waals surface area contributed by atoms with E-state index >= 15 is 0 Å². The summed E-state index contributed by atoms with van der Waals surface area (Å²) in [4.78, 5) is 2.60. The van der Waals surface area contributed by atoms with E-state index in [4.69, 9.17) is 0 Å². The first-order chi connectivity index (χ1) is 9.94. The second kappa shape index (κ2) is 7.95. The van der Waals surface area contributed by atoms with Gasteiger partial charge in [0.2, 0.25) is 0 Å². The van der Waals surface area contributed by atoms with Gasteiger partial charge in [0.15, 0.2) is 0 Å². The second-order valence-electron chi connectivity index (χ2n) is 6.23. The Morgan fingerprint density at radius 3 is 2.14 bits per heavy atom. The highest BCUT2D eigenvalue weighted by molar-refractivity contribution is 5.35. The summed E-state index contributed by atoms with van der Waals surface area (Å²) < 4.78 is 0. The summed E-state index contributed by atoms with van der Waals surface area (Å²) in [5, 5.41) is 3.76. The van der Waals surface area contributed by atoms with Crippen molar-refractivity contribution in [1.29, 1.82) is 0 Å². The number of nitrogens with zero attached hydrogens (tertiary/aromatic N) is 1. The highest BCUT2D eigenvalue weighted by Gasteiger charge is 2.37. The van der Waals surface area contributed by atoms with Gasteiger partial charge in [-0.05, 0) is 58.0 Å².